The second-order valence-corrected chi connectivity index (χ2v) is 3.92. The molecule has 1 aromatic carbocycles. The van der Waals surface area contributed by atoms with E-state index in [0.29, 0.717) is 6.54 Å². The fourth-order valence-corrected chi connectivity index (χ4v) is 1.62. The Kier molecular flexibility index (Phi) is 6.42. The van der Waals surface area contributed by atoms with Crippen molar-refractivity contribution < 1.29 is 9.47 Å². The number of nitrogens with one attached hydrogen (secondary N) is 1. The summed E-state index contributed by atoms with van der Waals surface area (Å²) in [5.74, 6) is 0. The van der Waals surface area contributed by atoms with E-state index in [9.17, 15) is 0 Å². The Morgan fingerprint density at radius 2 is 2.06 bits per heavy atom. The van der Waals surface area contributed by atoms with Crippen molar-refractivity contribution >= 4 is 11.6 Å². The summed E-state index contributed by atoms with van der Waals surface area (Å²) in [4.78, 5) is 0. The average molecular weight is 244 g/mol. The molecule has 0 spiro atoms. The van der Waals surface area contributed by atoms with E-state index in [0.717, 1.165) is 18.0 Å². The summed E-state index contributed by atoms with van der Waals surface area (Å²) in [5.41, 5.74) is 1.23. The van der Waals surface area contributed by atoms with E-state index >= 15 is 0 Å². The first-order valence-electron chi connectivity index (χ1n) is 5.27. The highest BCUT2D eigenvalue weighted by Gasteiger charge is 2.03. The molecule has 0 saturated heterocycles. The zero-order valence-electron chi connectivity index (χ0n) is 9.70. The largest absolute Gasteiger partial charge is 0.355 e. The van der Waals surface area contributed by atoms with Gasteiger partial charge in [0.05, 0.1) is 0 Å². The monoisotopic (exact) mass is 243 g/mol. The lowest BCUT2D eigenvalue weighted by molar-refractivity contribution is -0.0986. The summed E-state index contributed by atoms with van der Waals surface area (Å²) < 4.78 is 10.1. The van der Waals surface area contributed by atoms with Crippen LogP contribution in [0.4, 0.5) is 0 Å². The van der Waals surface area contributed by atoms with E-state index in [-0.39, 0.29) is 6.29 Å². The molecule has 90 valence electrons. The third-order valence-corrected chi connectivity index (χ3v) is 2.55. The van der Waals surface area contributed by atoms with Crippen LogP contribution < -0.4 is 5.32 Å². The topological polar surface area (TPSA) is 30.5 Å². The van der Waals surface area contributed by atoms with Gasteiger partial charge in [-0.15, -0.1) is 0 Å². The van der Waals surface area contributed by atoms with Gasteiger partial charge in [0.15, 0.2) is 6.29 Å². The number of hydrogen-bond donors (Lipinski definition) is 1. The molecule has 1 N–H and O–H groups in total. The Morgan fingerprint density at radius 1 is 1.31 bits per heavy atom. The molecule has 0 unspecified atom stereocenters. The van der Waals surface area contributed by atoms with Gasteiger partial charge in [0.25, 0.3) is 0 Å². The van der Waals surface area contributed by atoms with Crippen LogP contribution in [-0.4, -0.2) is 33.6 Å². The number of methoxy groups -OCH3 is 2. The molecule has 0 atom stereocenters. The van der Waals surface area contributed by atoms with Gasteiger partial charge in [0.1, 0.15) is 0 Å². The summed E-state index contributed by atoms with van der Waals surface area (Å²) in [6, 6.07) is 7.89. The minimum absolute atomic E-state index is 0.181. The van der Waals surface area contributed by atoms with Crippen molar-refractivity contribution in [2.45, 2.75) is 12.7 Å². The molecule has 0 aromatic heterocycles. The van der Waals surface area contributed by atoms with Crippen LogP contribution in [0.1, 0.15) is 5.56 Å². The van der Waals surface area contributed by atoms with Gasteiger partial charge in [-0.1, -0.05) is 23.7 Å². The minimum atomic E-state index is -0.181. The molecule has 0 saturated carbocycles. The molecule has 0 radical (unpaired) electrons. The van der Waals surface area contributed by atoms with E-state index in [1.54, 1.807) is 14.2 Å². The van der Waals surface area contributed by atoms with Crippen LogP contribution in [0, 0.1) is 0 Å². The van der Waals surface area contributed by atoms with Crippen molar-refractivity contribution in [3.05, 3.63) is 34.9 Å². The Labute approximate surface area is 102 Å². The number of ether oxygens (including phenoxy) is 2. The quantitative estimate of drug-likeness (QED) is 0.588. The number of hydrogen-bond acceptors (Lipinski definition) is 3. The maximum atomic E-state index is 5.89. The van der Waals surface area contributed by atoms with Crippen LogP contribution in [0.25, 0.3) is 0 Å². The van der Waals surface area contributed by atoms with Crippen LogP contribution in [0.15, 0.2) is 24.3 Å². The smallest absolute Gasteiger partial charge is 0.169 e. The second-order valence-electron chi connectivity index (χ2n) is 3.49. The highest BCUT2D eigenvalue weighted by molar-refractivity contribution is 6.30. The summed E-state index contributed by atoms with van der Waals surface area (Å²) >= 11 is 5.89. The number of halogens is 1. The van der Waals surface area contributed by atoms with Crippen molar-refractivity contribution in [1.82, 2.24) is 5.32 Å². The van der Waals surface area contributed by atoms with Crippen LogP contribution in [0.3, 0.4) is 0 Å². The van der Waals surface area contributed by atoms with Crippen molar-refractivity contribution in [3.63, 3.8) is 0 Å². The van der Waals surface area contributed by atoms with Gasteiger partial charge in [0, 0.05) is 25.8 Å². The highest BCUT2D eigenvalue weighted by Crippen LogP contribution is 2.10. The Hall–Kier alpha value is -0.610. The summed E-state index contributed by atoms with van der Waals surface area (Å²) in [5, 5.41) is 4.04. The molecular formula is C12H18ClNO2. The lowest BCUT2D eigenvalue weighted by atomic mass is 10.1. The molecule has 0 heterocycles. The Bertz CT molecular complexity index is 303. The molecule has 1 rings (SSSR count). The Morgan fingerprint density at radius 3 is 2.69 bits per heavy atom. The first kappa shape index (κ1) is 13.5. The highest BCUT2D eigenvalue weighted by atomic mass is 35.5. The molecule has 0 amide bonds. The van der Waals surface area contributed by atoms with Gasteiger partial charge in [-0.3, -0.25) is 0 Å². The first-order chi connectivity index (χ1) is 7.76. The van der Waals surface area contributed by atoms with Crippen LogP contribution in [0.2, 0.25) is 5.02 Å². The van der Waals surface area contributed by atoms with Crippen LogP contribution in [0.5, 0.6) is 0 Å². The third kappa shape index (κ3) is 4.94. The molecule has 4 heteroatoms. The maximum absolute atomic E-state index is 5.89. The van der Waals surface area contributed by atoms with E-state index in [1.165, 1.54) is 5.56 Å². The maximum Gasteiger partial charge on any atom is 0.169 e. The molecule has 0 aliphatic carbocycles. The Balaban J connectivity index is 2.20. The summed E-state index contributed by atoms with van der Waals surface area (Å²) in [7, 11) is 3.26. The fraction of sp³-hybridized carbons (Fsp3) is 0.500. The van der Waals surface area contributed by atoms with Gasteiger partial charge >= 0.3 is 0 Å². The lowest BCUT2D eigenvalue weighted by Gasteiger charge is -2.13. The molecule has 0 fully saturated rings. The number of rotatable bonds is 7. The van der Waals surface area contributed by atoms with Crippen LogP contribution >= 0.6 is 11.6 Å². The lowest BCUT2D eigenvalue weighted by Crippen LogP contribution is -2.31. The van der Waals surface area contributed by atoms with Gasteiger partial charge in [-0.25, -0.2) is 0 Å². The van der Waals surface area contributed by atoms with Gasteiger partial charge in [0.2, 0.25) is 0 Å². The van der Waals surface area contributed by atoms with Gasteiger partial charge < -0.3 is 14.8 Å². The van der Waals surface area contributed by atoms with E-state index in [1.807, 2.05) is 18.2 Å². The molecule has 0 aliphatic rings. The third-order valence-electron chi connectivity index (χ3n) is 2.32. The fourth-order valence-electron chi connectivity index (χ4n) is 1.41. The summed E-state index contributed by atoms with van der Waals surface area (Å²) in [6.07, 6.45) is 0.764. The average Bonchev–Trinajstić information content (AvgIpc) is 2.29. The predicted molar refractivity (Wildman–Crippen MR) is 65.8 cm³/mol. The number of benzene rings is 1. The van der Waals surface area contributed by atoms with E-state index < -0.39 is 0 Å². The van der Waals surface area contributed by atoms with Gasteiger partial charge in [-0.2, -0.15) is 0 Å². The van der Waals surface area contributed by atoms with Crippen molar-refractivity contribution in [3.8, 4) is 0 Å². The molecule has 3 nitrogen and oxygen atoms in total. The van der Waals surface area contributed by atoms with Crippen molar-refractivity contribution in [2.75, 3.05) is 27.3 Å². The SMILES string of the molecule is COC(CNCCc1cccc(Cl)c1)OC. The van der Waals surface area contributed by atoms with Gasteiger partial charge in [-0.05, 0) is 30.7 Å². The molecule has 16 heavy (non-hydrogen) atoms. The van der Waals surface area contributed by atoms with Crippen molar-refractivity contribution in [1.29, 1.82) is 0 Å². The molecular weight excluding hydrogens is 226 g/mol. The van der Waals surface area contributed by atoms with E-state index in [4.69, 9.17) is 21.1 Å². The molecule has 0 aliphatic heterocycles. The summed E-state index contributed by atoms with van der Waals surface area (Å²) in [6.45, 7) is 1.57. The molecule has 1 aromatic rings. The first-order valence-corrected chi connectivity index (χ1v) is 5.65. The standard InChI is InChI=1S/C12H18ClNO2/c1-15-12(16-2)9-14-7-6-10-4-3-5-11(13)8-10/h3-5,8,12,14H,6-7,9H2,1-2H3. The second kappa shape index (κ2) is 7.63. The minimum Gasteiger partial charge on any atom is -0.355 e. The predicted octanol–water partition coefficient (Wildman–Crippen LogP) is 2.09. The van der Waals surface area contributed by atoms with Crippen molar-refractivity contribution in [2.24, 2.45) is 0 Å². The zero-order valence-corrected chi connectivity index (χ0v) is 10.5. The van der Waals surface area contributed by atoms with E-state index in [2.05, 4.69) is 11.4 Å². The van der Waals surface area contributed by atoms with Crippen LogP contribution in [-0.2, 0) is 15.9 Å². The normalized spacial score (nSPS) is 11.0. The molecule has 0 bridgehead atoms. The zero-order chi connectivity index (χ0) is 11.8.